The lowest BCUT2D eigenvalue weighted by atomic mass is 10.2. The molecule has 136 valence electrons. The van der Waals surface area contributed by atoms with Crippen molar-refractivity contribution in [3.05, 3.63) is 0 Å². The summed E-state index contributed by atoms with van der Waals surface area (Å²) in [4.78, 5) is 24.8. The maximum atomic E-state index is 11.8. The van der Waals surface area contributed by atoms with Crippen molar-refractivity contribution in [3.8, 4) is 0 Å². The van der Waals surface area contributed by atoms with Gasteiger partial charge in [0.05, 0.1) is 0 Å². The number of hydrogen-bond donors (Lipinski definition) is 2. The van der Waals surface area contributed by atoms with Gasteiger partial charge in [0.1, 0.15) is 11.2 Å². The van der Waals surface area contributed by atoms with Crippen molar-refractivity contribution < 1.29 is 19.1 Å². The summed E-state index contributed by atoms with van der Waals surface area (Å²) in [6, 6.07) is 0.0644. The summed E-state index contributed by atoms with van der Waals surface area (Å²) in [5.41, 5.74) is -1.000. The Kier molecular flexibility index (Phi) is 8.37. The maximum absolute atomic E-state index is 11.8. The molecule has 0 aliphatic carbocycles. The number of nitrogens with zero attached hydrogens (tertiary/aromatic N) is 1. The van der Waals surface area contributed by atoms with Crippen molar-refractivity contribution in [2.75, 3.05) is 26.7 Å². The number of ether oxygens (including phenoxy) is 2. The number of hydrogen-bond acceptors (Lipinski definition) is 5. The average Bonchev–Trinajstić information content (AvgIpc) is 2.32. The van der Waals surface area contributed by atoms with Gasteiger partial charge in [-0.05, 0) is 48.5 Å². The van der Waals surface area contributed by atoms with E-state index in [1.54, 1.807) is 7.05 Å². The number of alkyl carbamates (subject to hydrolysis) is 1. The fourth-order valence-corrected chi connectivity index (χ4v) is 1.53. The lowest BCUT2D eigenvalue weighted by Gasteiger charge is -2.25. The van der Waals surface area contributed by atoms with Crippen LogP contribution in [0.1, 0.15) is 48.5 Å². The van der Waals surface area contributed by atoms with Gasteiger partial charge in [0.15, 0.2) is 0 Å². The Hall–Kier alpha value is -1.50. The summed E-state index contributed by atoms with van der Waals surface area (Å²) >= 11 is 0. The van der Waals surface area contributed by atoms with Gasteiger partial charge in [-0.2, -0.15) is 0 Å². The molecule has 0 rings (SSSR count). The van der Waals surface area contributed by atoms with Crippen molar-refractivity contribution in [2.45, 2.75) is 65.7 Å². The largest absolute Gasteiger partial charge is 0.444 e. The molecule has 7 nitrogen and oxygen atoms in total. The molecule has 0 radical (unpaired) electrons. The van der Waals surface area contributed by atoms with E-state index in [1.165, 1.54) is 4.90 Å². The Morgan fingerprint density at radius 3 is 2.04 bits per heavy atom. The molecule has 0 aromatic heterocycles. The molecule has 23 heavy (non-hydrogen) atoms. The van der Waals surface area contributed by atoms with Crippen LogP contribution in [0.5, 0.6) is 0 Å². The number of carbonyl (C=O) groups is 2. The first-order chi connectivity index (χ1) is 10.3. The zero-order valence-electron chi connectivity index (χ0n) is 15.8. The van der Waals surface area contributed by atoms with Crippen molar-refractivity contribution in [1.29, 1.82) is 0 Å². The predicted octanol–water partition coefficient (Wildman–Crippen LogP) is 2.36. The molecule has 0 saturated heterocycles. The van der Waals surface area contributed by atoms with Crippen LogP contribution < -0.4 is 10.6 Å². The molecule has 0 fully saturated rings. The van der Waals surface area contributed by atoms with Crippen LogP contribution in [0.3, 0.4) is 0 Å². The highest BCUT2D eigenvalue weighted by molar-refractivity contribution is 5.68. The lowest BCUT2D eigenvalue weighted by molar-refractivity contribution is 0.0299. The fraction of sp³-hybridized carbons (Fsp3) is 0.875. The number of nitrogens with one attached hydrogen (secondary N) is 2. The highest BCUT2D eigenvalue weighted by atomic mass is 16.6. The minimum Gasteiger partial charge on any atom is -0.444 e. The standard InChI is InChI=1S/C16H33N3O4/c1-12(11-18-13(20)22-15(2,3)4)17-9-10-19(8)14(21)23-16(5,6)7/h12,17H,9-11H2,1-8H3,(H,18,20). The van der Waals surface area contributed by atoms with Crippen molar-refractivity contribution in [1.82, 2.24) is 15.5 Å². The number of carbonyl (C=O) groups excluding carboxylic acids is 2. The number of amides is 2. The van der Waals surface area contributed by atoms with Gasteiger partial charge >= 0.3 is 12.2 Å². The summed E-state index contributed by atoms with van der Waals surface area (Å²) in [5.74, 6) is 0. The summed E-state index contributed by atoms with van der Waals surface area (Å²) in [6.07, 6.45) is -0.782. The van der Waals surface area contributed by atoms with E-state index in [0.717, 1.165) is 0 Å². The molecule has 0 aliphatic heterocycles. The van der Waals surface area contributed by atoms with Crippen molar-refractivity contribution in [3.63, 3.8) is 0 Å². The van der Waals surface area contributed by atoms with Crippen molar-refractivity contribution in [2.24, 2.45) is 0 Å². The van der Waals surface area contributed by atoms with Crippen LogP contribution in [0.25, 0.3) is 0 Å². The monoisotopic (exact) mass is 331 g/mol. The molecule has 1 atom stereocenters. The molecule has 0 bridgehead atoms. The van der Waals surface area contributed by atoms with Crippen LogP contribution in [-0.2, 0) is 9.47 Å². The summed E-state index contributed by atoms with van der Waals surface area (Å²) in [7, 11) is 1.69. The van der Waals surface area contributed by atoms with Gasteiger partial charge in [-0.25, -0.2) is 9.59 Å². The van der Waals surface area contributed by atoms with E-state index in [9.17, 15) is 9.59 Å². The molecule has 1 unspecified atom stereocenters. The minimum absolute atomic E-state index is 0.0644. The third-order valence-electron chi connectivity index (χ3n) is 2.60. The Balaban J connectivity index is 3.92. The summed E-state index contributed by atoms with van der Waals surface area (Å²) in [5, 5.41) is 5.93. The fourth-order valence-electron chi connectivity index (χ4n) is 1.53. The lowest BCUT2D eigenvalue weighted by Crippen LogP contribution is -2.44. The third kappa shape index (κ3) is 12.7. The van der Waals surface area contributed by atoms with Gasteiger partial charge in [0, 0.05) is 32.7 Å². The molecule has 0 heterocycles. The van der Waals surface area contributed by atoms with Gasteiger partial charge in [0.25, 0.3) is 0 Å². The smallest absolute Gasteiger partial charge is 0.410 e. The van der Waals surface area contributed by atoms with E-state index in [0.29, 0.717) is 19.6 Å². The SMILES string of the molecule is CC(CNC(=O)OC(C)(C)C)NCCN(C)C(=O)OC(C)(C)C. The first-order valence-corrected chi connectivity index (χ1v) is 7.94. The molecular formula is C16H33N3O4. The van der Waals surface area contributed by atoms with E-state index in [1.807, 2.05) is 48.5 Å². The zero-order chi connectivity index (χ0) is 18.3. The quantitative estimate of drug-likeness (QED) is 0.781. The number of likely N-dealkylation sites (N-methyl/N-ethyl adjacent to an activating group) is 1. The Morgan fingerprint density at radius 1 is 1.04 bits per heavy atom. The van der Waals surface area contributed by atoms with E-state index >= 15 is 0 Å². The molecule has 7 heteroatoms. The third-order valence-corrected chi connectivity index (χ3v) is 2.60. The van der Waals surface area contributed by atoms with Crippen LogP contribution in [0.4, 0.5) is 9.59 Å². The highest BCUT2D eigenvalue weighted by Gasteiger charge is 2.19. The molecular weight excluding hydrogens is 298 g/mol. The second kappa shape index (κ2) is 8.96. The molecule has 0 spiro atoms. The van der Waals surface area contributed by atoms with E-state index in [2.05, 4.69) is 10.6 Å². The van der Waals surface area contributed by atoms with Crippen LogP contribution in [0, 0.1) is 0 Å². The van der Waals surface area contributed by atoms with Crippen LogP contribution in [0.15, 0.2) is 0 Å². The second-order valence-electron chi connectivity index (χ2n) is 7.64. The van der Waals surface area contributed by atoms with Gasteiger partial charge < -0.3 is 25.0 Å². The first kappa shape index (κ1) is 21.5. The Morgan fingerprint density at radius 2 is 1.57 bits per heavy atom. The van der Waals surface area contributed by atoms with Gasteiger partial charge in [-0.3, -0.25) is 0 Å². The number of rotatable bonds is 6. The van der Waals surface area contributed by atoms with E-state index in [-0.39, 0.29) is 12.1 Å². The molecule has 0 aliphatic rings. The predicted molar refractivity (Wildman–Crippen MR) is 90.6 cm³/mol. The van der Waals surface area contributed by atoms with Crippen LogP contribution in [-0.4, -0.2) is 61.0 Å². The molecule has 0 aromatic carbocycles. The van der Waals surface area contributed by atoms with Gasteiger partial charge in [0.2, 0.25) is 0 Å². The normalized spacial score (nSPS) is 13.2. The Bertz CT molecular complexity index is 386. The molecule has 0 saturated carbocycles. The minimum atomic E-state index is -0.503. The van der Waals surface area contributed by atoms with Crippen molar-refractivity contribution >= 4 is 12.2 Å². The zero-order valence-corrected chi connectivity index (χ0v) is 15.8. The highest BCUT2D eigenvalue weighted by Crippen LogP contribution is 2.08. The van der Waals surface area contributed by atoms with Gasteiger partial charge in [-0.15, -0.1) is 0 Å². The molecule has 2 amide bonds. The van der Waals surface area contributed by atoms with Crippen LogP contribution in [0.2, 0.25) is 0 Å². The summed E-state index contributed by atoms with van der Waals surface area (Å²) in [6.45, 7) is 14.5. The van der Waals surface area contributed by atoms with E-state index < -0.39 is 17.3 Å². The van der Waals surface area contributed by atoms with E-state index in [4.69, 9.17) is 9.47 Å². The Labute approximate surface area is 140 Å². The van der Waals surface area contributed by atoms with Gasteiger partial charge in [-0.1, -0.05) is 0 Å². The maximum Gasteiger partial charge on any atom is 0.410 e. The molecule has 0 aromatic rings. The topological polar surface area (TPSA) is 79.9 Å². The first-order valence-electron chi connectivity index (χ1n) is 7.94. The van der Waals surface area contributed by atoms with Crippen LogP contribution >= 0.6 is 0 Å². The second-order valence-corrected chi connectivity index (χ2v) is 7.64. The average molecular weight is 331 g/mol. The molecule has 2 N–H and O–H groups in total. The summed E-state index contributed by atoms with van der Waals surface area (Å²) < 4.78 is 10.4.